The zero-order chi connectivity index (χ0) is 35.9. The molecule has 10 heterocycles. The minimum Gasteiger partial charge on any atom is -0.392 e. The van der Waals surface area contributed by atoms with Crippen molar-refractivity contribution in [3.8, 4) is 0 Å². The Morgan fingerprint density at radius 1 is 0.808 bits per heavy atom. The number of hydrogen-bond acceptors (Lipinski definition) is 12. The van der Waals surface area contributed by atoms with Gasteiger partial charge in [0, 0.05) is 58.1 Å². The number of Topliss-reactive ketones (excluding diaryl/α,β-unsaturated/α-hetero) is 1. The maximum atomic E-state index is 14.1. The molecule has 1 unspecified atom stereocenters. The molecule has 12 heteroatoms. The quantitative estimate of drug-likeness (QED) is 0.409. The highest BCUT2D eigenvalue weighted by molar-refractivity contribution is 5.79. The first-order valence-corrected chi connectivity index (χ1v) is 20.2. The lowest BCUT2D eigenvalue weighted by atomic mass is 9.81. The summed E-state index contributed by atoms with van der Waals surface area (Å²) in [6, 6.07) is 0. The first-order valence-electron chi connectivity index (χ1n) is 20.2. The van der Waals surface area contributed by atoms with Gasteiger partial charge in [-0.05, 0) is 62.0 Å². The largest absolute Gasteiger partial charge is 0.392 e. The number of aliphatic hydroxyl groups excluding tert-OH is 1. The van der Waals surface area contributed by atoms with Gasteiger partial charge in [0.2, 0.25) is 0 Å². The summed E-state index contributed by atoms with van der Waals surface area (Å²) in [6.07, 6.45) is 4.85. The van der Waals surface area contributed by atoms with Crippen molar-refractivity contribution in [2.75, 3.05) is 13.7 Å². The lowest BCUT2D eigenvalue weighted by Crippen LogP contribution is -2.61. The molecule has 0 aromatic rings. The number of methoxy groups -OCH3 is 1. The average molecular weight is 730 g/mol. The molecule has 0 aromatic heterocycles. The number of carbonyl (C=O) groups excluding carboxylic acids is 1. The molecule has 10 rings (SSSR count). The minimum absolute atomic E-state index is 0.0158. The standard InChI is InChI=1S/C40H59NO11/c1-19-11-24-5-7-28-20(2)12-26(45-28)9-10-40-17-33-36(51-40)37-38(50-33)39(52-40)35-29(49-37)8-6-25(47-35)13-22(42)14-27-31(16-30(46-24)21(19)3)48-32(34(27)44-4)15-23(43)18-41/h19,23-39,43H,2-3,5-18,41H2,1,4H3/t19-,23+,24+,25-,26+,27+,28+,29+,30?,31+,32-,33-,34-,35+,36+,37+,38-,39+,40+/m1/s1. The van der Waals surface area contributed by atoms with E-state index < -0.39 is 18.0 Å². The van der Waals surface area contributed by atoms with E-state index in [2.05, 4.69) is 20.1 Å². The van der Waals surface area contributed by atoms with Crippen LogP contribution >= 0.6 is 0 Å². The first kappa shape index (κ1) is 36.4. The van der Waals surface area contributed by atoms with Crippen LogP contribution in [0.2, 0.25) is 0 Å². The van der Waals surface area contributed by atoms with Crippen LogP contribution in [0.4, 0.5) is 0 Å². The number of nitrogens with two attached hydrogens (primary N) is 1. The fourth-order valence-corrected chi connectivity index (χ4v) is 11.3. The van der Waals surface area contributed by atoms with Gasteiger partial charge in [0.1, 0.15) is 36.3 Å². The molecule has 10 aliphatic heterocycles. The van der Waals surface area contributed by atoms with Crippen molar-refractivity contribution in [3.63, 3.8) is 0 Å². The molecule has 290 valence electrons. The Labute approximate surface area is 307 Å². The second-order valence-corrected chi connectivity index (χ2v) is 17.4. The second-order valence-electron chi connectivity index (χ2n) is 17.4. The molecular weight excluding hydrogens is 670 g/mol. The zero-order valence-corrected chi connectivity index (χ0v) is 30.8. The third-order valence-corrected chi connectivity index (χ3v) is 14.0. The average Bonchev–Trinajstić information content (AvgIpc) is 3.79. The molecular formula is C40H59NO11. The zero-order valence-electron chi connectivity index (χ0n) is 30.8. The maximum Gasteiger partial charge on any atom is 0.172 e. The molecule has 1 spiro atoms. The van der Waals surface area contributed by atoms with Crippen molar-refractivity contribution >= 4 is 5.78 Å². The molecule has 12 bridgehead atoms. The van der Waals surface area contributed by atoms with Crippen LogP contribution in [-0.4, -0.2) is 128 Å². The first-order chi connectivity index (χ1) is 25.1. The number of aliphatic hydroxyl groups is 1. The topological polar surface area (TPSA) is 146 Å². The lowest BCUT2D eigenvalue weighted by molar-refractivity contribution is -0.292. The summed E-state index contributed by atoms with van der Waals surface area (Å²) in [5, 5.41) is 10.5. The summed E-state index contributed by atoms with van der Waals surface area (Å²) in [4.78, 5) is 14.1. The third-order valence-electron chi connectivity index (χ3n) is 14.0. The van der Waals surface area contributed by atoms with Gasteiger partial charge in [-0.25, -0.2) is 0 Å². The van der Waals surface area contributed by atoms with Crippen LogP contribution in [0.1, 0.15) is 90.4 Å². The van der Waals surface area contributed by atoms with Gasteiger partial charge in [-0.15, -0.1) is 0 Å². The predicted octanol–water partition coefficient (Wildman–Crippen LogP) is 3.44. The fourth-order valence-electron chi connectivity index (χ4n) is 11.3. The van der Waals surface area contributed by atoms with Gasteiger partial charge < -0.3 is 53.5 Å². The van der Waals surface area contributed by atoms with Crippen molar-refractivity contribution in [1.29, 1.82) is 0 Å². The number of ketones is 1. The molecule has 0 aromatic carbocycles. The molecule has 10 fully saturated rings. The van der Waals surface area contributed by atoms with Gasteiger partial charge in [-0.3, -0.25) is 4.79 Å². The SMILES string of the molecule is C=C1C2C[C@@H]3O[C@H](C[C@H](O)CN)[C@H](OC)[C@H]3CC(=O)C[C@H]3CC[C@@H]4O[C@@H]5[C@H]6O[C@@H]7C[C@](CC[C@H]8CC(=C)[C@H](CC[C@@H](C[C@H]1C)O2)O8)(O[C@H]6[C@H]4O3)O[C@H]57. The van der Waals surface area contributed by atoms with Gasteiger partial charge in [0.05, 0.1) is 67.1 Å². The Morgan fingerprint density at radius 2 is 1.56 bits per heavy atom. The van der Waals surface area contributed by atoms with E-state index in [9.17, 15) is 9.90 Å². The van der Waals surface area contributed by atoms with E-state index in [0.29, 0.717) is 25.7 Å². The molecule has 0 saturated carbocycles. The normalized spacial score (nSPS) is 52.4. The number of fused-ring (bicyclic) bond motifs is 6. The van der Waals surface area contributed by atoms with Crippen LogP contribution in [0.15, 0.2) is 24.3 Å². The van der Waals surface area contributed by atoms with Crippen LogP contribution in [0, 0.1) is 11.8 Å². The predicted molar refractivity (Wildman–Crippen MR) is 186 cm³/mol. The smallest absolute Gasteiger partial charge is 0.172 e. The molecule has 0 radical (unpaired) electrons. The summed E-state index contributed by atoms with van der Waals surface area (Å²) in [5.74, 6) is -0.619. The Morgan fingerprint density at radius 3 is 2.38 bits per heavy atom. The highest BCUT2D eigenvalue weighted by atomic mass is 16.8. The van der Waals surface area contributed by atoms with Crippen LogP contribution in [-0.2, 0) is 47.4 Å². The Bertz CT molecular complexity index is 1380. The van der Waals surface area contributed by atoms with Crippen molar-refractivity contribution in [1.82, 2.24) is 0 Å². The Kier molecular flexibility index (Phi) is 10.0. The molecule has 10 aliphatic rings. The highest BCUT2D eigenvalue weighted by Gasteiger charge is 2.68. The number of ether oxygens (including phenoxy) is 9. The molecule has 52 heavy (non-hydrogen) atoms. The molecule has 12 nitrogen and oxygen atoms in total. The van der Waals surface area contributed by atoms with Gasteiger partial charge >= 0.3 is 0 Å². The maximum absolute atomic E-state index is 14.1. The van der Waals surface area contributed by atoms with Gasteiger partial charge in [-0.1, -0.05) is 20.1 Å². The molecule has 3 N–H and O–H groups in total. The van der Waals surface area contributed by atoms with Crippen molar-refractivity contribution in [2.24, 2.45) is 17.6 Å². The Balaban J connectivity index is 0.994. The van der Waals surface area contributed by atoms with E-state index in [4.69, 9.17) is 48.4 Å². The summed E-state index contributed by atoms with van der Waals surface area (Å²) >= 11 is 0. The number of hydrogen-bond donors (Lipinski definition) is 2. The van der Waals surface area contributed by atoms with E-state index in [-0.39, 0.29) is 122 Å². The van der Waals surface area contributed by atoms with Gasteiger partial charge in [-0.2, -0.15) is 0 Å². The van der Waals surface area contributed by atoms with E-state index in [0.717, 1.165) is 56.1 Å². The third kappa shape index (κ3) is 6.59. The summed E-state index contributed by atoms with van der Waals surface area (Å²) < 4.78 is 60.0. The molecule has 0 aliphatic carbocycles. The summed E-state index contributed by atoms with van der Waals surface area (Å²) in [7, 11) is 1.66. The number of rotatable bonds is 4. The molecule has 0 amide bonds. The fraction of sp³-hybridized carbons (Fsp3) is 0.875. The molecule has 10 saturated heterocycles. The number of carbonyl (C=O) groups is 1. The highest BCUT2D eigenvalue weighted by Crippen LogP contribution is 2.54. The van der Waals surface area contributed by atoms with E-state index >= 15 is 0 Å². The van der Waals surface area contributed by atoms with Crippen molar-refractivity contribution < 1.29 is 52.5 Å². The summed E-state index contributed by atoms with van der Waals surface area (Å²) in [6.45, 7) is 11.3. The monoisotopic (exact) mass is 729 g/mol. The van der Waals surface area contributed by atoms with Gasteiger partial charge in [0.15, 0.2) is 5.79 Å². The minimum atomic E-state index is -0.780. The van der Waals surface area contributed by atoms with E-state index in [1.165, 1.54) is 0 Å². The van der Waals surface area contributed by atoms with Gasteiger partial charge in [0.25, 0.3) is 0 Å². The van der Waals surface area contributed by atoms with Crippen molar-refractivity contribution in [2.45, 2.75) is 194 Å². The van der Waals surface area contributed by atoms with Crippen LogP contribution in [0.3, 0.4) is 0 Å². The van der Waals surface area contributed by atoms with E-state index in [1.807, 2.05) is 0 Å². The van der Waals surface area contributed by atoms with Crippen LogP contribution < -0.4 is 5.73 Å². The lowest BCUT2D eigenvalue weighted by Gasteiger charge is -2.47. The Hall–Kier alpha value is -1.29. The molecule has 19 atom stereocenters. The van der Waals surface area contributed by atoms with Crippen LogP contribution in [0.5, 0.6) is 0 Å². The van der Waals surface area contributed by atoms with Crippen molar-refractivity contribution in [3.05, 3.63) is 24.3 Å². The summed E-state index contributed by atoms with van der Waals surface area (Å²) in [5.41, 5.74) is 8.01. The van der Waals surface area contributed by atoms with E-state index in [1.54, 1.807) is 7.11 Å². The second kappa shape index (κ2) is 14.3. The van der Waals surface area contributed by atoms with Crippen LogP contribution in [0.25, 0.3) is 0 Å².